The molecule has 276 valence electrons. The van der Waals surface area contributed by atoms with Crippen molar-refractivity contribution in [1.82, 2.24) is 0 Å². The minimum absolute atomic E-state index is 0.179. The Bertz CT molecular complexity index is 698. The molecule has 0 radical (unpaired) electrons. The summed E-state index contributed by atoms with van der Waals surface area (Å²) in [4.78, 5) is 12.2. The highest BCUT2D eigenvalue weighted by atomic mass is 16.6. The first-order chi connectivity index (χ1) is 23.2. The zero-order valence-electron chi connectivity index (χ0n) is 31.5. The molecular formula is C43H80O4. The predicted molar refractivity (Wildman–Crippen MR) is 205 cm³/mol. The number of allylic oxidation sites excluding steroid dienone is 6. The van der Waals surface area contributed by atoms with E-state index < -0.39 is 6.10 Å². The van der Waals surface area contributed by atoms with Crippen LogP contribution in [0.1, 0.15) is 206 Å². The molecule has 0 heterocycles. The Balaban J connectivity index is 3.41. The standard InChI is InChI=1S/C43H80O4/c1-3-5-7-9-11-13-15-17-19-20-21-22-23-24-25-26-28-30-32-34-36-38-43(45)47-42(40-44)41-46-39-37-35-33-31-29-27-18-16-14-12-10-8-6-4-2/h6,8,12,14,18,27,42,44H,3-5,7,9-11,13,15-17,19-26,28-41H2,1-2H3/b8-6-,14-12-,27-18-. The highest BCUT2D eigenvalue weighted by Crippen LogP contribution is 2.15. The smallest absolute Gasteiger partial charge is 0.306 e. The molecule has 1 unspecified atom stereocenters. The van der Waals surface area contributed by atoms with Crippen LogP contribution in [-0.4, -0.2) is 37.0 Å². The zero-order chi connectivity index (χ0) is 34.1. The van der Waals surface area contributed by atoms with Gasteiger partial charge < -0.3 is 14.6 Å². The molecule has 47 heavy (non-hydrogen) atoms. The summed E-state index contributed by atoms with van der Waals surface area (Å²) in [6.45, 7) is 5.21. The van der Waals surface area contributed by atoms with Crippen molar-refractivity contribution in [2.75, 3.05) is 19.8 Å². The molecular weight excluding hydrogens is 580 g/mol. The Kier molecular flexibility index (Phi) is 39.6. The highest BCUT2D eigenvalue weighted by molar-refractivity contribution is 5.69. The summed E-state index contributed by atoms with van der Waals surface area (Å²) < 4.78 is 11.1. The number of unbranched alkanes of at least 4 members (excludes halogenated alkanes) is 24. The highest BCUT2D eigenvalue weighted by Gasteiger charge is 2.13. The largest absolute Gasteiger partial charge is 0.457 e. The van der Waals surface area contributed by atoms with Crippen molar-refractivity contribution in [1.29, 1.82) is 0 Å². The Labute approximate surface area is 293 Å². The summed E-state index contributed by atoms with van der Waals surface area (Å²) in [5.41, 5.74) is 0. The Morgan fingerprint density at radius 3 is 1.45 bits per heavy atom. The molecule has 4 nitrogen and oxygen atoms in total. The van der Waals surface area contributed by atoms with Gasteiger partial charge in [0, 0.05) is 13.0 Å². The van der Waals surface area contributed by atoms with Crippen molar-refractivity contribution >= 4 is 5.97 Å². The van der Waals surface area contributed by atoms with Gasteiger partial charge in [-0.25, -0.2) is 0 Å². The van der Waals surface area contributed by atoms with Gasteiger partial charge >= 0.3 is 5.97 Å². The van der Waals surface area contributed by atoms with Crippen molar-refractivity contribution < 1.29 is 19.4 Å². The molecule has 4 heteroatoms. The van der Waals surface area contributed by atoms with Crippen LogP contribution >= 0.6 is 0 Å². The summed E-state index contributed by atoms with van der Waals surface area (Å²) in [6.07, 6.45) is 50.6. The first-order valence-electron chi connectivity index (χ1n) is 20.6. The maximum atomic E-state index is 12.2. The van der Waals surface area contributed by atoms with E-state index >= 15 is 0 Å². The lowest BCUT2D eigenvalue weighted by molar-refractivity contribution is -0.154. The first-order valence-corrected chi connectivity index (χ1v) is 20.6. The molecule has 0 aliphatic rings. The monoisotopic (exact) mass is 661 g/mol. The van der Waals surface area contributed by atoms with E-state index in [2.05, 4.69) is 50.3 Å². The van der Waals surface area contributed by atoms with Gasteiger partial charge in [-0.15, -0.1) is 0 Å². The average Bonchev–Trinajstić information content (AvgIpc) is 3.08. The number of hydrogen-bond acceptors (Lipinski definition) is 4. The van der Waals surface area contributed by atoms with Crippen LogP contribution in [0.5, 0.6) is 0 Å². The van der Waals surface area contributed by atoms with Gasteiger partial charge in [0.15, 0.2) is 0 Å². The summed E-state index contributed by atoms with van der Waals surface area (Å²) >= 11 is 0. The van der Waals surface area contributed by atoms with Crippen LogP contribution in [-0.2, 0) is 14.3 Å². The lowest BCUT2D eigenvalue weighted by atomic mass is 10.0. The second-order valence-corrected chi connectivity index (χ2v) is 13.7. The van der Waals surface area contributed by atoms with Crippen molar-refractivity contribution in [2.45, 2.75) is 213 Å². The minimum atomic E-state index is -0.542. The van der Waals surface area contributed by atoms with Crippen LogP contribution in [0.2, 0.25) is 0 Å². The van der Waals surface area contributed by atoms with Crippen LogP contribution in [0.4, 0.5) is 0 Å². The van der Waals surface area contributed by atoms with Gasteiger partial charge in [-0.2, -0.15) is 0 Å². The fraction of sp³-hybridized carbons (Fsp3) is 0.837. The van der Waals surface area contributed by atoms with Gasteiger partial charge in [0.25, 0.3) is 0 Å². The van der Waals surface area contributed by atoms with E-state index in [0.29, 0.717) is 13.0 Å². The summed E-state index contributed by atoms with van der Waals surface area (Å²) in [5.74, 6) is -0.206. The topological polar surface area (TPSA) is 55.8 Å². The third-order valence-electron chi connectivity index (χ3n) is 8.98. The molecule has 0 aliphatic carbocycles. The lowest BCUT2D eigenvalue weighted by Gasteiger charge is -2.15. The average molecular weight is 661 g/mol. The van der Waals surface area contributed by atoms with Crippen molar-refractivity contribution in [2.24, 2.45) is 0 Å². The molecule has 0 amide bonds. The van der Waals surface area contributed by atoms with E-state index in [9.17, 15) is 9.90 Å². The number of hydrogen-bond donors (Lipinski definition) is 1. The summed E-state index contributed by atoms with van der Waals surface area (Å²) in [7, 11) is 0. The van der Waals surface area contributed by atoms with Gasteiger partial charge in [0.05, 0.1) is 13.2 Å². The van der Waals surface area contributed by atoms with Gasteiger partial charge in [0.2, 0.25) is 0 Å². The molecule has 0 aromatic rings. The van der Waals surface area contributed by atoms with Gasteiger partial charge in [-0.3, -0.25) is 4.79 Å². The summed E-state index contributed by atoms with van der Waals surface area (Å²) in [5, 5.41) is 9.58. The molecule has 0 saturated carbocycles. The third-order valence-corrected chi connectivity index (χ3v) is 8.98. The zero-order valence-corrected chi connectivity index (χ0v) is 31.5. The molecule has 0 aromatic carbocycles. The van der Waals surface area contributed by atoms with E-state index in [0.717, 1.165) is 51.4 Å². The SMILES string of the molecule is CC/C=C\C/C=C\C/C=C\CCCCCCOCC(CO)OC(=O)CCCCCCCCCCCCCCCCCCCCCCC. The number of carbonyl (C=O) groups is 1. The van der Waals surface area contributed by atoms with Crippen molar-refractivity contribution in [3.63, 3.8) is 0 Å². The van der Waals surface area contributed by atoms with Crippen LogP contribution in [0.15, 0.2) is 36.5 Å². The maximum absolute atomic E-state index is 12.2. The third kappa shape index (κ3) is 38.9. The number of aliphatic hydroxyl groups excluding tert-OH is 1. The molecule has 0 aliphatic heterocycles. The number of rotatable bonds is 38. The van der Waals surface area contributed by atoms with E-state index in [-0.39, 0.29) is 19.2 Å². The van der Waals surface area contributed by atoms with Crippen LogP contribution < -0.4 is 0 Å². The molecule has 1 N–H and O–H groups in total. The molecule has 1 atom stereocenters. The first kappa shape index (κ1) is 45.6. The molecule has 0 fully saturated rings. The number of aliphatic hydroxyl groups is 1. The van der Waals surface area contributed by atoms with Gasteiger partial charge in [-0.05, 0) is 44.9 Å². The van der Waals surface area contributed by atoms with Crippen LogP contribution in [0.25, 0.3) is 0 Å². The van der Waals surface area contributed by atoms with E-state index in [1.165, 1.54) is 135 Å². The fourth-order valence-electron chi connectivity index (χ4n) is 5.93. The normalized spacial score (nSPS) is 12.7. The van der Waals surface area contributed by atoms with Gasteiger partial charge in [-0.1, -0.05) is 192 Å². The predicted octanol–water partition coefficient (Wildman–Crippen LogP) is 13.3. The number of ether oxygens (including phenoxy) is 2. The van der Waals surface area contributed by atoms with Crippen LogP contribution in [0.3, 0.4) is 0 Å². The van der Waals surface area contributed by atoms with Gasteiger partial charge in [0.1, 0.15) is 6.10 Å². The molecule has 0 aromatic heterocycles. The van der Waals surface area contributed by atoms with Crippen molar-refractivity contribution in [3.05, 3.63) is 36.5 Å². The van der Waals surface area contributed by atoms with Crippen molar-refractivity contribution in [3.8, 4) is 0 Å². The number of carbonyl (C=O) groups excluding carboxylic acids is 1. The van der Waals surface area contributed by atoms with E-state index in [1.807, 2.05) is 0 Å². The maximum Gasteiger partial charge on any atom is 0.306 e. The Morgan fingerprint density at radius 1 is 0.532 bits per heavy atom. The molecule has 0 bridgehead atoms. The second-order valence-electron chi connectivity index (χ2n) is 13.7. The number of esters is 1. The molecule has 0 spiro atoms. The summed E-state index contributed by atoms with van der Waals surface area (Å²) in [6, 6.07) is 0. The second kappa shape index (κ2) is 40.8. The lowest BCUT2D eigenvalue weighted by Crippen LogP contribution is -2.27. The Hall–Kier alpha value is -1.39. The fourth-order valence-corrected chi connectivity index (χ4v) is 5.93. The molecule has 0 rings (SSSR count). The minimum Gasteiger partial charge on any atom is -0.457 e. The Morgan fingerprint density at radius 2 is 0.957 bits per heavy atom. The van der Waals surface area contributed by atoms with Crippen LogP contribution in [0, 0.1) is 0 Å². The van der Waals surface area contributed by atoms with E-state index in [4.69, 9.17) is 9.47 Å². The molecule has 0 saturated heterocycles. The van der Waals surface area contributed by atoms with E-state index in [1.54, 1.807) is 0 Å². The quantitative estimate of drug-likeness (QED) is 0.0407.